The Bertz CT molecular complexity index is 946. The Kier molecular flexibility index (Phi) is 6.04. The topological polar surface area (TPSA) is 75.7 Å². The lowest BCUT2D eigenvalue weighted by Gasteiger charge is -2.30. The van der Waals surface area contributed by atoms with Gasteiger partial charge in [0.2, 0.25) is 0 Å². The first-order valence-electron chi connectivity index (χ1n) is 8.62. The van der Waals surface area contributed by atoms with Gasteiger partial charge in [0, 0.05) is 20.2 Å². The van der Waals surface area contributed by atoms with Crippen LogP contribution in [0.5, 0.6) is 0 Å². The third-order valence-electron chi connectivity index (χ3n) is 4.43. The molecule has 27 heavy (non-hydrogen) atoms. The monoisotopic (exact) mass is 408 g/mol. The number of halogens is 1. The Morgan fingerprint density at radius 2 is 2.04 bits per heavy atom. The van der Waals surface area contributed by atoms with Crippen molar-refractivity contribution in [3.05, 3.63) is 58.6 Å². The second-order valence-electron chi connectivity index (χ2n) is 6.20. The molecule has 1 amide bonds. The van der Waals surface area contributed by atoms with Gasteiger partial charge in [-0.05, 0) is 42.7 Å². The highest BCUT2D eigenvalue weighted by molar-refractivity contribution is 7.92. The van der Waals surface area contributed by atoms with Crippen molar-refractivity contribution in [1.82, 2.24) is 5.32 Å². The number of anilines is 1. The summed E-state index contributed by atoms with van der Waals surface area (Å²) in [6.45, 7) is 1.06. The van der Waals surface area contributed by atoms with E-state index in [0.717, 1.165) is 18.4 Å². The highest BCUT2D eigenvalue weighted by Gasteiger charge is 2.29. The molecule has 0 saturated carbocycles. The van der Waals surface area contributed by atoms with Crippen molar-refractivity contribution in [3.63, 3.8) is 0 Å². The first kappa shape index (κ1) is 19.7. The van der Waals surface area contributed by atoms with Crippen molar-refractivity contribution < 1.29 is 17.9 Å². The van der Waals surface area contributed by atoms with Crippen molar-refractivity contribution in [1.29, 1.82) is 0 Å². The quantitative estimate of drug-likeness (QED) is 0.746. The molecule has 0 fully saturated rings. The number of sulfonamides is 1. The molecule has 0 aliphatic carbocycles. The summed E-state index contributed by atoms with van der Waals surface area (Å²) >= 11 is 6.12. The number of hydrogen-bond acceptors (Lipinski definition) is 4. The van der Waals surface area contributed by atoms with Crippen LogP contribution in [0.15, 0.2) is 47.4 Å². The molecule has 0 bridgehead atoms. The molecule has 0 aromatic heterocycles. The number of hydrogen-bond donors (Lipinski definition) is 1. The summed E-state index contributed by atoms with van der Waals surface area (Å²) in [5.74, 6) is -0.437. The largest absolute Gasteiger partial charge is 0.383 e. The average Bonchev–Trinajstić information content (AvgIpc) is 2.67. The Balaban J connectivity index is 1.94. The Hall–Kier alpha value is -2.09. The van der Waals surface area contributed by atoms with Gasteiger partial charge >= 0.3 is 0 Å². The van der Waals surface area contributed by atoms with Crippen LogP contribution >= 0.6 is 11.6 Å². The van der Waals surface area contributed by atoms with Crippen LogP contribution in [0.25, 0.3) is 0 Å². The predicted octanol–water partition coefficient (Wildman–Crippen LogP) is 2.86. The predicted molar refractivity (Wildman–Crippen MR) is 105 cm³/mol. The van der Waals surface area contributed by atoms with Gasteiger partial charge in [-0.2, -0.15) is 0 Å². The molecule has 8 heteroatoms. The Labute approximate surface area is 164 Å². The summed E-state index contributed by atoms with van der Waals surface area (Å²) in [5, 5.41) is 2.85. The van der Waals surface area contributed by atoms with E-state index in [1.165, 1.54) is 29.6 Å². The molecule has 0 atom stereocenters. The minimum absolute atomic E-state index is 0.0421. The minimum Gasteiger partial charge on any atom is -0.383 e. The van der Waals surface area contributed by atoms with Crippen LogP contribution in [0.3, 0.4) is 0 Å². The summed E-state index contributed by atoms with van der Waals surface area (Å²) in [7, 11) is -2.27. The van der Waals surface area contributed by atoms with E-state index < -0.39 is 15.9 Å². The lowest BCUT2D eigenvalue weighted by Crippen LogP contribution is -2.35. The van der Waals surface area contributed by atoms with E-state index in [0.29, 0.717) is 25.4 Å². The Morgan fingerprint density at radius 3 is 2.81 bits per heavy atom. The summed E-state index contributed by atoms with van der Waals surface area (Å²) in [6, 6.07) is 11.7. The molecule has 2 aromatic rings. The number of carbonyl (C=O) groups is 1. The van der Waals surface area contributed by atoms with E-state index in [-0.39, 0.29) is 15.5 Å². The normalized spacial score (nSPS) is 13.9. The number of nitrogens with zero attached hydrogens (tertiary/aromatic N) is 1. The minimum atomic E-state index is -3.80. The van der Waals surface area contributed by atoms with Gasteiger partial charge in [-0.3, -0.25) is 9.10 Å². The lowest BCUT2D eigenvalue weighted by molar-refractivity contribution is 0.0937. The number of ether oxygens (including phenoxy) is 1. The van der Waals surface area contributed by atoms with Gasteiger partial charge < -0.3 is 10.1 Å². The van der Waals surface area contributed by atoms with Crippen molar-refractivity contribution in [2.45, 2.75) is 17.7 Å². The smallest absolute Gasteiger partial charge is 0.264 e. The molecule has 1 aliphatic rings. The molecule has 1 heterocycles. The van der Waals surface area contributed by atoms with Crippen LogP contribution in [-0.2, 0) is 21.2 Å². The van der Waals surface area contributed by atoms with E-state index in [1.54, 1.807) is 6.07 Å². The van der Waals surface area contributed by atoms with Gasteiger partial charge in [0.15, 0.2) is 0 Å². The van der Waals surface area contributed by atoms with Gasteiger partial charge in [-0.25, -0.2) is 8.42 Å². The van der Waals surface area contributed by atoms with Crippen LogP contribution in [0.4, 0.5) is 5.69 Å². The Morgan fingerprint density at radius 1 is 1.26 bits per heavy atom. The lowest BCUT2D eigenvalue weighted by atomic mass is 10.0. The molecule has 0 radical (unpaired) electrons. The molecule has 0 spiro atoms. The standard InChI is InChI=1S/C19H21ClN2O4S/c1-26-12-10-21-19(23)16-13-15(8-9-17(16)20)27(24,25)22-11-4-6-14-5-2-3-7-18(14)22/h2-3,5,7-9,13H,4,6,10-12H2,1H3,(H,21,23). The van der Waals surface area contributed by atoms with Gasteiger partial charge in [0.25, 0.3) is 15.9 Å². The average molecular weight is 409 g/mol. The van der Waals surface area contributed by atoms with Crippen LogP contribution in [0.1, 0.15) is 22.3 Å². The third kappa shape index (κ3) is 4.10. The highest BCUT2D eigenvalue weighted by atomic mass is 35.5. The fraction of sp³-hybridized carbons (Fsp3) is 0.316. The van der Waals surface area contributed by atoms with Crippen molar-refractivity contribution in [3.8, 4) is 0 Å². The van der Waals surface area contributed by atoms with Crippen LogP contribution in [0, 0.1) is 0 Å². The van der Waals surface area contributed by atoms with Gasteiger partial charge in [-0.15, -0.1) is 0 Å². The number of benzene rings is 2. The van der Waals surface area contributed by atoms with Crippen molar-refractivity contribution in [2.75, 3.05) is 31.1 Å². The number of fused-ring (bicyclic) bond motifs is 1. The zero-order valence-electron chi connectivity index (χ0n) is 14.9. The molecular weight excluding hydrogens is 388 g/mol. The number of carbonyl (C=O) groups excluding carboxylic acids is 1. The molecule has 0 saturated heterocycles. The van der Waals surface area contributed by atoms with Crippen LogP contribution in [0.2, 0.25) is 5.02 Å². The summed E-state index contributed by atoms with van der Waals surface area (Å²) in [5.41, 5.74) is 1.81. The molecule has 2 aromatic carbocycles. The van der Waals surface area contributed by atoms with E-state index in [1.807, 2.05) is 18.2 Å². The summed E-state index contributed by atoms with van der Waals surface area (Å²) < 4.78 is 32.8. The number of methoxy groups -OCH3 is 1. The summed E-state index contributed by atoms with van der Waals surface area (Å²) in [4.78, 5) is 12.4. The number of para-hydroxylation sites is 1. The zero-order chi connectivity index (χ0) is 19.4. The first-order chi connectivity index (χ1) is 12.9. The molecule has 0 unspecified atom stereocenters. The number of rotatable bonds is 6. The number of nitrogens with one attached hydrogen (secondary N) is 1. The maximum atomic E-state index is 13.2. The van der Waals surface area contributed by atoms with Crippen LogP contribution in [-0.4, -0.2) is 41.1 Å². The highest BCUT2D eigenvalue weighted by Crippen LogP contribution is 2.32. The summed E-state index contributed by atoms with van der Waals surface area (Å²) in [6.07, 6.45) is 1.59. The molecule has 144 valence electrons. The van der Waals surface area contributed by atoms with Gasteiger partial charge in [0.1, 0.15) is 0 Å². The molecule has 6 nitrogen and oxygen atoms in total. The fourth-order valence-electron chi connectivity index (χ4n) is 3.08. The van der Waals surface area contributed by atoms with Crippen molar-refractivity contribution >= 4 is 33.2 Å². The maximum absolute atomic E-state index is 13.2. The molecule has 1 N–H and O–H groups in total. The van der Waals surface area contributed by atoms with E-state index in [2.05, 4.69) is 5.32 Å². The van der Waals surface area contributed by atoms with Crippen LogP contribution < -0.4 is 9.62 Å². The third-order valence-corrected chi connectivity index (χ3v) is 6.57. The second kappa shape index (κ2) is 8.29. The van der Waals surface area contributed by atoms with E-state index in [9.17, 15) is 13.2 Å². The van der Waals surface area contributed by atoms with Crippen molar-refractivity contribution in [2.24, 2.45) is 0 Å². The van der Waals surface area contributed by atoms with Gasteiger partial charge in [0.05, 0.1) is 27.8 Å². The fourth-order valence-corrected chi connectivity index (χ4v) is 4.85. The molecular formula is C19H21ClN2O4S. The first-order valence-corrected chi connectivity index (χ1v) is 10.4. The molecule has 1 aliphatic heterocycles. The van der Waals surface area contributed by atoms with E-state index >= 15 is 0 Å². The number of amides is 1. The molecule has 3 rings (SSSR count). The SMILES string of the molecule is COCCNC(=O)c1cc(S(=O)(=O)N2CCCc3ccccc32)ccc1Cl. The number of aryl methyl sites for hydroxylation is 1. The zero-order valence-corrected chi connectivity index (χ0v) is 16.5. The van der Waals surface area contributed by atoms with E-state index in [4.69, 9.17) is 16.3 Å². The maximum Gasteiger partial charge on any atom is 0.264 e. The second-order valence-corrected chi connectivity index (χ2v) is 8.47. The van der Waals surface area contributed by atoms with Gasteiger partial charge in [-0.1, -0.05) is 29.8 Å².